The van der Waals surface area contributed by atoms with Crippen molar-refractivity contribution in [2.75, 3.05) is 16.8 Å². The summed E-state index contributed by atoms with van der Waals surface area (Å²) in [4.78, 5) is 26.0. The molecule has 1 aliphatic heterocycles. The van der Waals surface area contributed by atoms with Gasteiger partial charge in [-0.05, 0) is 54.5 Å². The molecule has 0 atom stereocenters. The number of nitrogens with one attached hydrogen (secondary N) is 1. The minimum absolute atomic E-state index is 0.155. The molecule has 1 saturated heterocycles. The lowest BCUT2D eigenvalue weighted by Gasteiger charge is -2.15. The first-order chi connectivity index (χ1) is 14.1. The molecule has 0 aliphatic carbocycles. The number of benzene rings is 2. The molecule has 0 bridgehead atoms. The Morgan fingerprint density at radius 3 is 2.69 bits per heavy atom. The highest BCUT2D eigenvalue weighted by molar-refractivity contribution is 6.31. The molecule has 2 amide bonds. The third-order valence-corrected chi connectivity index (χ3v) is 4.91. The average Bonchev–Trinajstić information content (AvgIpc) is 3.39. The van der Waals surface area contributed by atoms with E-state index in [0.29, 0.717) is 17.1 Å². The lowest BCUT2D eigenvalue weighted by molar-refractivity contribution is -0.117. The Labute approximate surface area is 173 Å². The van der Waals surface area contributed by atoms with Crippen molar-refractivity contribution in [3.05, 3.63) is 77.6 Å². The van der Waals surface area contributed by atoms with Gasteiger partial charge < -0.3 is 10.2 Å². The van der Waals surface area contributed by atoms with Gasteiger partial charge in [0.25, 0.3) is 0 Å². The molecule has 2 aromatic carbocycles. The average molecular weight is 407 g/mol. The molecule has 146 valence electrons. The van der Waals surface area contributed by atoms with E-state index in [1.54, 1.807) is 52.3 Å². The highest BCUT2D eigenvalue weighted by Gasteiger charge is 2.21. The zero-order valence-electron chi connectivity index (χ0n) is 15.6. The van der Waals surface area contributed by atoms with Crippen molar-refractivity contribution in [1.82, 2.24) is 9.78 Å². The number of amides is 2. The quantitative estimate of drug-likeness (QED) is 0.642. The Balaban J connectivity index is 1.46. The van der Waals surface area contributed by atoms with Crippen molar-refractivity contribution in [3.63, 3.8) is 0 Å². The third kappa shape index (κ3) is 4.38. The predicted octanol–water partition coefficient (Wildman–Crippen LogP) is 4.30. The zero-order valence-corrected chi connectivity index (χ0v) is 16.3. The van der Waals surface area contributed by atoms with Crippen LogP contribution in [0, 0.1) is 0 Å². The third-order valence-electron chi connectivity index (χ3n) is 4.67. The van der Waals surface area contributed by atoms with Crippen LogP contribution in [-0.2, 0) is 9.59 Å². The normalized spacial score (nSPS) is 14.0. The van der Waals surface area contributed by atoms with E-state index in [0.717, 1.165) is 29.9 Å². The fraction of sp³-hybridized carbons (Fsp3) is 0.136. The van der Waals surface area contributed by atoms with Gasteiger partial charge in [-0.25, -0.2) is 4.68 Å². The monoisotopic (exact) mass is 406 g/mol. The first kappa shape index (κ1) is 19.0. The van der Waals surface area contributed by atoms with Crippen LogP contribution in [0.4, 0.5) is 11.4 Å². The van der Waals surface area contributed by atoms with Crippen LogP contribution < -0.4 is 10.2 Å². The van der Waals surface area contributed by atoms with Crippen LogP contribution in [0.5, 0.6) is 0 Å². The number of rotatable bonds is 5. The van der Waals surface area contributed by atoms with Gasteiger partial charge in [-0.15, -0.1) is 0 Å². The second-order valence-electron chi connectivity index (χ2n) is 6.68. The largest absolute Gasteiger partial charge is 0.321 e. The smallest absolute Gasteiger partial charge is 0.248 e. The van der Waals surface area contributed by atoms with Crippen molar-refractivity contribution in [2.45, 2.75) is 12.8 Å². The van der Waals surface area contributed by atoms with Gasteiger partial charge in [-0.2, -0.15) is 5.10 Å². The molecule has 7 heteroatoms. The molecule has 3 aromatic rings. The molecule has 1 fully saturated rings. The minimum atomic E-state index is -0.278. The second kappa shape index (κ2) is 8.32. The van der Waals surface area contributed by atoms with Gasteiger partial charge in [-0.3, -0.25) is 9.59 Å². The van der Waals surface area contributed by atoms with E-state index in [4.69, 9.17) is 11.6 Å². The van der Waals surface area contributed by atoms with Gasteiger partial charge in [-0.1, -0.05) is 23.7 Å². The fourth-order valence-corrected chi connectivity index (χ4v) is 3.42. The first-order valence-electron chi connectivity index (χ1n) is 9.29. The maximum Gasteiger partial charge on any atom is 0.248 e. The molecule has 4 rings (SSSR count). The Morgan fingerprint density at radius 1 is 1.17 bits per heavy atom. The summed E-state index contributed by atoms with van der Waals surface area (Å²) in [5.74, 6) is -0.123. The molecule has 1 N–H and O–H groups in total. The molecule has 0 radical (unpaired) electrons. The molecule has 0 spiro atoms. The molecule has 2 heterocycles. The van der Waals surface area contributed by atoms with Gasteiger partial charge in [0, 0.05) is 42.1 Å². The van der Waals surface area contributed by atoms with Crippen LogP contribution in [0.2, 0.25) is 5.02 Å². The van der Waals surface area contributed by atoms with E-state index in [1.165, 1.54) is 6.08 Å². The Kier molecular flexibility index (Phi) is 5.44. The Bertz CT molecular complexity index is 1060. The van der Waals surface area contributed by atoms with Crippen molar-refractivity contribution in [3.8, 4) is 5.69 Å². The van der Waals surface area contributed by atoms with Crippen LogP contribution in [0.3, 0.4) is 0 Å². The summed E-state index contributed by atoms with van der Waals surface area (Å²) in [5, 5.41) is 7.57. The van der Waals surface area contributed by atoms with Gasteiger partial charge in [0.1, 0.15) is 0 Å². The van der Waals surface area contributed by atoms with Crippen molar-refractivity contribution in [1.29, 1.82) is 0 Å². The highest BCUT2D eigenvalue weighted by atomic mass is 35.5. The Morgan fingerprint density at radius 2 is 2.00 bits per heavy atom. The van der Waals surface area contributed by atoms with E-state index < -0.39 is 0 Å². The first-order valence-corrected chi connectivity index (χ1v) is 9.67. The number of nitrogens with zero attached hydrogens (tertiary/aromatic N) is 3. The molecule has 1 aromatic heterocycles. The lowest BCUT2D eigenvalue weighted by atomic mass is 10.2. The van der Waals surface area contributed by atoms with Crippen LogP contribution in [-0.4, -0.2) is 28.1 Å². The summed E-state index contributed by atoms with van der Waals surface area (Å²) >= 11 is 6.09. The molecular weight excluding hydrogens is 388 g/mol. The van der Waals surface area contributed by atoms with Crippen molar-refractivity contribution >= 4 is 40.9 Å². The standard InChI is InChI=1S/C22H19ClN4O2/c23-17-7-10-20(27-14-2-12-24-27)19(15-17)25-21(28)11-6-16-4-8-18(9-5-16)26-13-1-3-22(26)29/h2,4-12,14-15H,1,3,13H2,(H,25,28)/b11-6+. The maximum atomic E-state index is 12.4. The maximum absolute atomic E-state index is 12.4. The predicted molar refractivity (Wildman–Crippen MR) is 114 cm³/mol. The van der Waals surface area contributed by atoms with Gasteiger partial charge in [0.2, 0.25) is 11.8 Å². The zero-order chi connectivity index (χ0) is 20.2. The van der Waals surface area contributed by atoms with E-state index in [1.807, 2.05) is 24.3 Å². The molecule has 6 nitrogen and oxygen atoms in total. The van der Waals surface area contributed by atoms with Crippen LogP contribution in [0.15, 0.2) is 67.0 Å². The number of halogens is 1. The van der Waals surface area contributed by atoms with Crippen molar-refractivity contribution in [2.24, 2.45) is 0 Å². The lowest BCUT2D eigenvalue weighted by Crippen LogP contribution is -2.23. The summed E-state index contributed by atoms with van der Waals surface area (Å²) < 4.78 is 1.66. The molecule has 1 aliphatic rings. The molecule has 0 unspecified atom stereocenters. The second-order valence-corrected chi connectivity index (χ2v) is 7.11. The number of aromatic nitrogens is 2. The van der Waals surface area contributed by atoms with Gasteiger partial charge >= 0.3 is 0 Å². The van der Waals surface area contributed by atoms with Crippen LogP contribution >= 0.6 is 11.6 Å². The summed E-state index contributed by atoms with van der Waals surface area (Å²) in [6, 6.07) is 14.6. The van der Waals surface area contributed by atoms with Crippen LogP contribution in [0.25, 0.3) is 11.8 Å². The summed E-state index contributed by atoms with van der Waals surface area (Å²) in [7, 11) is 0. The van der Waals surface area contributed by atoms with E-state index in [9.17, 15) is 9.59 Å². The van der Waals surface area contributed by atoms with E-state index >= 15 is 0 Å². The topological polar surface area (TPSA) is 67.2 Å². The highest BCUT2D eigenvalue weighted by Crippen LogP contribution is 2.25. The van der Waals surface area contributed by atoms with E-state index in [-0.39, 0.29) is 11.8 Å². The number of carbonyl (C=O) groups is 2. The fourth-order valence-electron chi connectivity index (χ4n) is 3.25. The number of hydrogen-bond acceptors (Lipinski definition) is 3. The van der Waals surface area contributed by atoms with Crippen LogP contribution in [0.1, 0.15) is 18.4 Å². The number of hydrogen-bond donors (Lipinski definition) is 1. The molecule has 0 saturated carbocycles. The Hall–Kier alpha value is -3.38. The van der Waals surface area contributed by atoms with E-state index in [2.05, 4.69) is 10.4 Å². The minimum Gasteiger partial charge on any atom is -0.321 e. The molecular formula is C22H19ClN4O2. The number of carbonyl (C=O) groups excluding carboxylic acids is 2. The number of anilines is 2. The summed E-state index contributed by atoms with van der Waals surface area (Å²) in [5.41, 5.74) is 3.05. The molecule has 29 heavy (non-hydrogen) atoms. The van der Waals surface area contributed by atoms with Gasteiger partial charge in [0.05, 0.1) is 11.4 Å². The summed E-state index contributed by atoms with van der Waals surface area (Å²) in [6.45, 7) is 0.759. The van der Waals surface area contributed by atoms with Crippen molar-refractivity contribution < 1.29 is 9.59 Å². The van der Waals surface area contributed by atoms with Gasteiger partial charge in [0.15, 0.2) is 0 Å². The SMILES string of the molecule is O=C(/C=C/c1ccc(N2CCCC2=O)cc1)Nc1cc(Cl)ccc1-n1cccn1. The summed E-state index contributed by atoms with van der Waals surface area (Å²) in [6.07, 6.45) is 8.14.